The summed E-state index contributed by atoms with van der Waals surface area (Å²) in [6.07, 6.45) is 6.45. The first-order valence-corrected chi connectivity index (χ1v) is 6.81. The Labute approximate surface area is 132 Å². The Morgan fingerprint density at radius 1 is 0.957 bits per heavy atom. The average Bonchev–Trinajstić information content (AvgIpc) is 2.57. The van der Waals surface area contributed by atoms with Gasteiger partial charge >= 0.3 is 0 Å². The normalized spacial score (nSPS) is 9.78. The van der Waals surface area contributed by atoms with E-state index in [1.807, 2.05) is 6.07 Å². The van der Waals surface area contributed by atoms with Crippen LogP contribution < -0.4 is 10.5 Å². The molecule has 0 aliphatic rings. The van der Waals surface area contributed by atoms with Crippen molar-refractivity contribution in [2.45, 2.75) is 0 Å². The minimum absolute atomic E-state index is 0.0785. The summed E-state index contributed by atoms with van der Waals surface area (Å²) in [5.74, 6) is 5.88. The van der Waals surface area contributed by atoms with Crippen LogP contribution in [0.15, 0.2) is 61.2 Å². The number of nitrogens with zero attached hydrogens (tertiary/aromatic N) is 2. The van der Waals surface area contributed by atoms with Crippen LogP contribution in [-0.4, -0.2) is 9.97 Å². The zero-order valence-corrected chi connectivity index (χ0v) is 12.0. The second-order valence-corrected chi connectivity index (χ2v) is 4.66. The van der Waals surface area contributed by atoms with E-state index in [2.05, 4.69) is 21.8 Å². The minimum Gasteiger partial charge on any atom is -0.453 e. The van der Waals surface area contributed by atoms with Gasteiger partial charge in [0, 0.05) is 48.2 Å². The van der Waals surface area contributed by atoms with Gasteiger partial charge < -0.3 is 10.5 Å². The van der Waals surface area contributed by atoms with E-state index in [0.29, 0.717) is 17.0 Å². The molecule has 0 aliphatic heterocycles. The molecule has 0 saturated heterocycles. The van der Waals surface area contributed by atoms with Crippen LogP contribution in [0.1, 0.15) is 11.1 Å². The number of hydrogen-bond donors (Lipinski definition) is 1. The highest BCUT2D eigenvalue weighted by molar-refractivity contribution is 5.50. The predicted molar refractivity (Wildman–Crippen MR) is 85.3 cm³/mol. The van der Waals surface area contributed by atoms with Gasteiger partial charge in [0.15, 0.2) is 11.6 Å². The van der Waals surface area contributed by atoms with Crippen molar-refractivity contribution in [3.63, 3.8) is 0 Å². The molecule has 0 saturated carbocycles. The molecular weight excluding hydrogens is 293 g/mol. The smallest absolute Gasteiger partial charge is 0.167 e. The third-order valence-corrected chi connectivity index (χ3v) is 2.96. The molecule has 3 rings (SSSR count). The minimum atomic E-state index is -0.534. The summed E-state index contributed by atoms with van der Waals surface area (Å²) in [5.41, 5.74) is 7.18. The summed E-state index contributed by atoms with van der Waals surface area (Å²) in [5, 5.41) is 0. The molecule has 3 aromatic rings. The van der Waals surface area contributed by atoms with Crippen LogP contribution in [0.25, 0.3) is 0 Å². The van der Waals surface area contributed by atoms with Gasteiger partial charge in [0.05, 0.1) is 5.56 Å². The van der Waals surface area contributed by atoms with Gasteiger partial charge in [-0.1, -0.05) is 11.8 Å². The highest BCUT2D eigenvalue weighted by atomic mass is 19.1. The number of hydrogen-bond acceptors (Lipinski definition) is 4. The second kappa shape index (κ2) is 6.58. The van der Waals surface area contributed by atoms with Crippen molar-refractivity contribution in [3.8, 4) is 23.3 Å². The van der Waals surface area contributed by atoms with E-state index in [1.165, 1.54) is 12.1 Å². The SMILES string of the molecule is Nc1ccc(Oc2ccncc2C#Cc2cccnc2)c(F)c1. The van der Waals surface area contributed by atoms with E-state index in [9.17, 15) is 4.39 Å². The Kier molecular flexibility index (Phi) is 4.16. The molecule has 4 nitrogen and oxygen atoms in total. The fraction of sp³-hybridized carbons (Fsp3) is 0. The number of rotatable bonds is 2. The lowest BCUT2D eigenvalue weighted by atomic mass is 10.2. The number of anilines is 1. The predicted octanol–water partition coefficient (Wildman–Crippen LogP) is 3.39. The zero-order valence-electron chi connectivity index (χ0n) is 12.0. The van der Waals surface area contributed by atoms with Crippen molar-refractivity contribution in [1.82, 2.24) is 9.97 Å². The summed E-state index contributed by atoms with van der Waals surface area (Å²) in [6.45, 7) is 0. The number of nitrogens with two attached hydrogens (primary N) is 1. The van der Waals surface area contributed by atoms with E-state index in [0.717, 1.165) is 5.56 Å². The van der Waals surface area contributed by atoms with E-state index in [-0.39, 0.29) is 5.75 Å². The molecule has 112 valence electrons. The van der Waals surface area contributed by atoms with Crippen LogP contribution in [0.3, 0.4) is 0 Å². The number of halogens is 1. The monoisotopic (exact) mass is 305 g/mol. The van der Waals surface area contributed by atoms with Gasteiger partial charge in [-0.15, -0.1) is 0 Å². The third-order valence-electron chi connectivity index (χ3n) is 2.96. The number of nitrogen functional groups attached to an aromatic ring is 1. The number of pyridine rings is 2. The molecular formula is C18H12FN3O. The van der Waals surface area contributed by atoms with E-state index in [4.69, 9.17) is 10.5 Å². The molecule has 0 atom stereocenters. The van der Waals surface area contributed by atoms with Gasteiger partial charge in [-0.05, 0) is 24.3 Å². The highest BCUT2D eigenvalue weighted by Gasteiger charge is 2.08. The molecule has 1 aromatic carbocycles. The van der Waals surface area contributed by atoms with Gasteiger partial charge in [0.1, 0.15) is 5.75 Å². The maximum Gasteiger partial charge on any atom is 0.167 e. The molecule has 0 unspecified atom stereocenters. The number of ether oxygens (including phenoxy) is 1. The van der Waals surface area contributed by atoms with Crippen molar-refractivity contribution in [1.29, 1.82) is 0 Å². The summed E-state index contributed by atoms with van der Waals surface area (Å²) < 4.78 is 19.4. The lowest BCUT2D eigenvalue weighted by Gasteiger charge is -2.08. The number of aromatic nitrogens is 2. The maximum absolute atomic E-state index is 13.9. The molecule has 0 radical (unpaired) electrons. The fourth-order valence-corrected chi connectivity index (χ4v) is 1.86. The fourth-order valence-electron chi connectivity index (χ4n) is 1.86. The van der Waals surface area contributed by atoms with Gasteiger partial charge in [-0.3, -0.25) is 9.97 Å². The summed E-state index contributed by atoms with van der Waals surface area (Å²) in [6, 6.07) is 9.52. The first-order chi connectivity index (χ1) is 11.2. The molecule has 23 heavy (non-hydrogen) atoms. The topological polar surface area (TPSA) is 61.0 Å². The van der Waals surface area contributed by atoms with Gasteiger partial charge in [-0.25, -0.2) is 4.39 Å². The first-order valence-electron chi connectivity index (χ1n) is 6.81. The molecule has 0 bridgehead atoms. The van der Waals surface area contributed by atoms with Crippen LogP contribution >= 0.6 is 0 Å². The van der Waals surface area contributed by atoms with E-state index < -0.39 is 5.82 Å². The van der Waals surface area contributed by atoms with Crippen molar-refractivity contribution in [3.05, 3.63) is 78.1 Å². The Balaban J connectivity index is 1.91. The lowest BCUT2D eigenvalue weighted by Crippen LogP contribution is -1.93. The lowest BCUT2D eigenvalue weighted by molar-refractivity contribution is 0.441. The molecule has 0 amide bonds. The third kappa shape index (κ3) is 3.63. The first kappa shape index (κ1) is 14.5. The zero-order chi connectivity index (χ0) is 16.1. The summed E-state index contributed by atoms with van der Waals surface area (Å²) >= 11 is 0. The van der Waals surface area contributed by atoms with E-state index in [1.54, 1.807) is 43.0 Å². The van der Waals surface area contributed by atoms with Crippen molar-refractivity contribution in [2.75, 3.05) is 5.73 Å². The quantitative estimate of drug-likeness (QED) is 0.582. The van der Waals surface area contributed by atoms with Crippen molar-refractivity contribution < 1.29 is 9.13 Å². The van der Waals surface area contributed by atoms with Crippen LogP contribution in [0.4, 0.5) is 10.1 Å². The largest absolute Gasteiger partial charge is 0.453 e. The summed E-state index contributed by atoms with van der Waals surface area (Å²) in [4.78, 5) is 8.02. The molecule has 2 heterocycles. The van der Waals surface area contributed by atoms with Crippen molar-refractivity contribution in [2.24, 2.45) is 0 Å². The molecule has 0 aliphatic carbocycles. The van der Waals surface area contributed by atoms with Gasteiger partial charge in [0.25, 0.3) is 0 Å². The standard InChI is InChI=1S/C18H12FN3O/c19-16-10-15(20)5-6-18(16)23-17-7-9-22-12-14(17)4-3-13-2-1-8-21-11-13/h1-2,5-12H,20H2. The molecule has 2 N–H and O–H groups in total. The Morgan fingerprint density at radius 3 is 2.61 bits per heavy atom. The highest BCUT2D eigenvalue weighted by Crippen LogP contribution is 2.27. The second-order valence-electron chi connectivity index (χ2n) is 4.66. The molecule has 2 aromatic heterocycles. The van der Waals surface area contributed by atoms with Crippen LogP contribution in [0.5, 0.6) is 11.5 Å². The average molecular weight is 305 g/mol. The Morgan fingerprint density at radius 2 is 1.83 bits per heavy atom. The molecule has 0 spiro atoms. The van der Waals surface area contributed by atoms with Crippen LogP contribution in [0.2, 0.25) is 0 Å². The Bertz CT molecular complexity index is 886. The van der Waals surface area contributed by atoms with Crippen molar-refractivity contribution >= 4 is 5.69 Å². The molecule has 0 fully saturated rings. The maximum atomic E-state index is 13.9. The number of benzene rings is 1. The van der Waals surface area contributed by atoms with Crippen LogP contribution in [-0.2, 0) is 0 Å². The molecule has 5 heteroatoms. The van der Waals surface area contributed by atoms with Gasteiger partial charge in [0.2, 0.25) is 0 Å². The Hall–Kier alpha value is -3.39. The van der Waals surface area contributed by atoms with Crippen LogP contribution in [0, 0.1) is 17.7 Å². The summed E-state index contributed by atoms with van der Waals surface area (Å²) in [7, 11) is 0. The van der Waals surface area contributed by atoms with Gasteiger partial charge in [-0.2, -0.15) is 0 Å². The van der Waals surface area contributed by atoms with E-state index >= 15 is 0 Å².